The molecule has 1 aromatic carbocycles. The molecule has 5 heteroatoms. The van der Waals surface area contributed by atoms with Gasteiger partial charge in [0, 0.05) is 0 Å². The predicted octanol–water partition coefficient (Wildman–Crippen LogP) is 2.38. The van der Waals surface area contributed by atoms with Gasteiger partial charge < -0.3 is 0 Å². The average Bonchev–Trinajstić information content (AvgIpc) is 2.35. The van der Waals surface area contributed by atoms with E-state index in [1.807, 2.05) is 6.92 Å². The van der Waals surface area contributed by atoms with Crippen LogP contribution in [-0.4, -0.2) is 16.8 Å². The van der Waals surface area contributed by atoms with Crippen molar-refractivity contribution in [3.8, 4) is 0 Å². The minimum Gasteiger partial charge on any atom is -0.218 e. The maximum absolute atomic E-state index is 12.1. The van der Waals surface area contributed by atoms with E-state index in [4.69, 9.17) is 0 Å². The summed E-state index contributed by atoms with van der Waals surface area (Å²) in [4.78, 5) is 0.204. The Labute approximate surface area is 106 Å². The molecule has 0 fully saturated rings. The van der Waals surface area contributed by atoms with E-state index in [0.717, 1.165) is 19.3 Å². The summed E-state index contributed by atoms with van der Waals surface area (Å²) in [5, 5.41) is 0. The summed E-state index contributed by atoms with van der Waals surface area (Å²) < 4.78 is 35.2. The standard InChI is InChI=1S/C12H16O3S2/c1-2-3-5-10-12(16-13)17(14,15)11-8-6-4-7-9-11/h4,6-9H,2-3,5,10H2,1H3. The summed E-state index contributed by atoms with van der Waals surface area (Å²) in [5.74, 6) is 0. The number of benzene rings is 1. The molecule has 0 radical (unpaired) electrons. The lowest BCUT2D eigenvalue weighted by atomic mass is 10.2. The van der Waals surface area contributed by atoms with Crippen LogP contribution in [-0.2, 0) is 21.1 Å². The van der Waals surface area contributed by atoms with E-state index in [0.29, 0.717) is 6.42 Å². The minimum absolute atomic E-state index is 0.0251. The second-order valence-electron chi connectivity index (χ2n) is 3.73. The van der Waals surface area contributed by atoms with Gasteiger partial charge in [-0.05, 0) is 25.0 Å². The Morgan fingerprint density at radius 3 is 2.35 bits per heavy atom. The molecule has 1 rings (SSSR count). The molecule has 0 aliphatic heterocycles. The highest BCUT2D eigenvalue weighted by molar-refractivity contribution is 8.14. The summed E-state index contributed by atoms with van der Waals surface area (Å²) in [6.45, 7) is 2.04. The molecular weight excluding hydrogens is 256 g/mol. The molecule has 0 saturated heterocycles. The monoisotopic (exact) mass is 272 g/mol. The Morgan fingerprint density at radius 2 is 1.82 bits per heavy atom. The molecule has 0 atom stereocenters. The van der Waals surface area contributed by atoms with Gasteiger partial charge >= 0.3 is 0 Å². The third-order valence-electron chi connectivity index (χ3n) is 2.43. The van der Waals surface area contributed by atoms with Crippen molar-refractivity contribution >= 4 is 25.3 Å². The van der Waals surface area contributed by atoms with E-state index in [2.05, 4.69) is 0 Å². The van der Waals surface area contributed by atoms with Crippen molar-refractivity contribution < 1.29 is 12.6 Å². The van der Waals surface area contributed by atoms with E-state index in [9.17, 15) is 12.6 Å². The lowest BCUT2D eigenvalue weighted by Gasteiger charge is -2.04. The van der Waals surface area contributed by atoms with Crippen LogP contribution in [0.2, 0.25) is 0 Å². The lowest BCUT2D eigenvalue weighted by molar-refractivity contribution is 0.606. The van der Waals surface area contributed by atoms with Gasteiger partial charge in [-0.25, -0.2) is 12.6 Å². The second kappa shape index (κ2) is 6.71. The SMILES string of the molecule is CCCCCC(=S=O)S(=O)(=O)c1ccccc1. The Balaban J connectivity index is 2.93. The Morgan fingerprint density at radius 1 is 1.18 bits per heavy atom. The highest BCUT2D eigenvalue weighted by Crippen LogP contribution is 2.14. The Kier molecular flexibility index (Phi) is 5.58. The summed E-state index contributed by atoms with van der Waals surface area (Å²) in [7, 11) is -3.56. The van der Waals surface area contributed by atoms with Crippen molar-refractivity contribution in [1.82, 2.24) is 0 Å². The van der Waals surface area contributed by atoms with Crippen molar-refractivity contribution in [1.29, 1.82) is 0 Å². The molecule has 1 aromatic rings. The fourth-order valence-electron chi connectivity index (χ4n) is 1.47. The molecule has 0 N–H and O–H groups in total. The van der Waals surface area contributed by atoms with Crippen LogP contribution in [0, 0.1) is 0 Å². The van der Waals surface area contributed by atoms with Crippen LogP contribution in [0.3, 0.4) is 0 Å². The van der Waals surface area contributed by atoms with Crippen molar-refractivity contribution in [3.05, 3.63) is 30.3 Å². The summed E-state index contributed by atoms with van der Waals surface area (Å²) in [5.41, 5.74) is 0. The molecule has 0 aliphatic carbocycles. The van der Waals surface area contributed by atoms with Gasteiger partial charge in [0.25, 0.3) is 0 Å². The first-order valence-corrected chi connectivity index (χ1v) is 7.81. The molecule has 3 nitrogen and oxygen atoms in total. The number of sulfone groups is 1. The first-order chi connectivity index (χ1) is 8.12. The lowest BCUT2D eigenvalue weighted by Crippen LogP contribution is -2.15. The molecule has 0 amide bonds. The van der Waals surface area contributed by atoms with Gasteiger partial charge in [-0.2, -0.15) is 0 Å². The fraction of sp³-hybridized carbons (Fsp3) is 0.417. The molecule has 94 valence electrons. The highest BCUT2D eigenvalue weighted by Gasteiger charge is 2.21. The summed E-state index contributed by atoms with van der Waals surface area (Å²) >= 11 is 0.101. The molecule has 0 heterocycles. The largest absolute Gasteiger partial charge is 0.218 e. The molecule has 0 aliphatic rings. The quantitative estimate of drug-likeness (QED) is 0.611. The zero-order valence-electron chi connectivity index (χ0n) is 9.76. The summed E-state index contributed by atoms with van der Waals surface area (Å²) in [6, 6.07) is 8.11. The van der Waals surface area contributed by atoms with E-state index in [1.165, 1.54) is 12.1 Å². The molecule has 0 unspecified atom stereocenters. The van der Waals surface area contributed by atoms with Crippen LogP contribution >= 0.6 is 0 Å². The topological polar surface area (TPSA) is 51.2 Å². The maximum atomic E-state index is 12.1. The van der Waals surface area contributed by atoms with E-state index in [-0.39, 0.29) is 20.3 Å². The number of hydrogen-bond acceptors (Lipinski definition) is 3. The number of unbranched alkanes of at least 4 members (excludes halogenated alkanes) is 2. The van der Waals surface area contributed by atoms with Crippen molar-refractivity contribution in [3.63, 3.8) is 0 Å². The first-order valence-electron chi connectivity index (χ1n) is 5.58. The van der Waals surface area contributed by atoms with Gasteiger partial charge in [0.05, 0.1) is 4.90 Å². The van der Waals surface area contributed by atoms with Crippen LogP contribution in [0.25, 0.3) is 0 Å². The van der Waals surface area contributed by atoms with Gasteiger partial charge in [-0.15, -0.1) is 0 Å². The van der Waals surface area contributed by atoms with Gasteiger partial charge in [-0.1, -0.05) is 38.0 Å². The van der Waals surface area contributed by atoms with Gasteiger partial charge in [0.15, 0.2) is 0 Å². The Bertz CT molecular complexity index is 500. The maximum Gasteiger partial charge on any atom is 0.215 e. The van der Waals surface area contributed by atoms with Crippen LogP contribution in [0.4, 0.5) is 0 Å². The average molecular weight is 272 g/mol. The third kappa shape index (κ3) is 3.78. The predicted molar refractivity (Wildman–Crippen MR) is 70.9 cm³/mol. The number of rotatable bonds is 5. The molecule has 0 bridgehead atoms. The van der Waals surface area contributed by atoms with Crippen molar-refractivity contribution in [2.75, 3.05) is 0 Å². The molecule has 17 heavy (non-hydrogen) atoms. The zero-order chi connectivity index (χ0) is 12.7. The van der Waals surface area contributed by atoms with Crippen LogP contribution in [0.1, 0.15) is 32.6 Å². The molecule has 0 spiro atoms. The molecule has 0 aromatic heterocycles. The normalized spacial score (nSPS) is 11.1. The third-order valence-corrected chi connectivity index (χ3v) is 5.38. The van der Waals surface area contributed by atoms with E-state index >= 15 is 0 Å². The van der Waals surface area contributed by atoms with Crippen LogP contribution in [0.5, 0.6) is 0 Å². The Hall–Kier alpha value is -0.940. The van der Waals surface area contributed by atoms with Crippen LogP contribution < -0.4 is 0 Å². The number of hydrogen-bond donors (Lipinski definition) is 0. The van der Waals surface area contributed by atoms with Crippen molar-refractivity contribution in [2.45, 2.75) is 37.5 Å². The molecule has 0 saturated carbocycles. The second-order valence-corrected chi connectivity index (χ2v) is 6.62. The van der Waals surface area contributed by atoms with Gasteiger partial charge in [0.2, 0.25) is 9.84 Å². The van der Waals surface area contributed by atoms with Crippen LogP contribution in [0.15, 0.2) is 35.2 Å². The van der Waals surface area contributed by atoms with Gasteiger partial charge in [0.1, 0.15) is 15.5 Å². The van der Waals surface area contributed by atoms with E-state index in [1.54, 1.807) is 18.2 Å². The highest BCUT2D eigenvalue weighted by atomic mass is 32.2. The first kappa shape index (κ1) is 14.1. The smallest absolute Gasteiger partial charge is 0.215 e. The fourth-order valence-corrected chi connectivity index (χ4v) is 3.54. The van der Waals surface area contributed by atoms with Gasteiger partial charge in [-0.3, -0.25) is 0 Å². The zero-order valence-corrected chi connectivity index (χ0v) is 11.4. The minimum atomic E-state index is -3.56. The summed E-state index contributed by atoms with van der Waals surface area (Å²) in [6.07, 6.45) is 3.03. The van der Waals surface area contributed by atoms with Crippen molar-refractivity contribution in [2.24, 2.45) is 0 Å². The molecular formula is C12H16O3S2. The van der Waals surface area contributed by atoms with E-state index < -0.39 is 9.84 Å².